The number of nitrogens with one attached hydrogen (secondary N) is 2. The fourth-order valence-corrected chi connectivity index (χ4v) is 2.91. The predicted molar refractivity (Wildman–Crippen MR) is 111 cm³/mol. The summed E-state index contributed by atoms with van der Waals surface area (Å²) in [5.41, 5.74) is 1.99. The van der Waals surface area contributed by atoms with Crippen molar-refractivity contribution in [3.05, 3.63) is 69.5 Å². The molecule has 0 saturated heterocycles. The Balaban J connectivity index is 1.96. The lowest BCUT2D eigenvalue weighted by Gasteiger charge is -2.14. The van der Waals surface area contributed by atoms with Crippen LogP contribution in [0, 0.1) is 16.7 Å². The molecule has 0 unspecified atom stereocenters. The minimum Gasteiger partial charge on any atom is -0.324 e. The van der Waals surface area contributed by atoms with E-state index in [1.54, 1.807) is 49.5 Å². The molecule has 140 valence electrons. The topological polar surface area (TPSA) is 102 Å². The number of nitriles is 1. The van der Waals surface area contributed by atoms with Gasteiger partial charge in [0, 0.05) is 29.2 Å². The van der Waals surface area contributed by atoms with Gasteiger partial charge in [-0.05, 0) is 42.0 Å². The number of nitrogens with zero attached hydrogens (tertiary/aromatic N) is 5. The van der Waals surface area contributed by atoms with Crippen LogP contribution in [0.25, 0.3) is 0 Å². The molecule has 0 amide bonds. The summed E-state index contributed by atoms with van der Waals surface area (Å²) in [4.78, 5) is 14.7. The molecule has 0 aliphatic heterocycles. The zero-order valence-electron chi connectivity index (χ0n) is 14.8. The molecule has 0 fully saturated rings. The summed E-state index contributed by atoms with van der Waals surface area (Å²) < 4.78 is 0. The SMILES string of the molecule is CN(C=N)c1nc(Cc2c(Cl)cccc2Cl)nc(Nc2ccc(C#N)cc2)n1. The van der Waals surface area contributed by atoms with Gasteiger partial charge in [-0.25, -0.2) is 0 Å². The van der Waals surface area contributed by atoms with Gasteiger partial charge in [-0.15, -0.1) is 0 Å². The molecule has 0 bridgehead atoms. The minimum atomic E-state index is 0.305. The van der Waals surface area contributed by atoms with Gasteiger partial charge in [-0.3, -0.25) is 5.41 Å². The fraction of sp³-hybridized carbons (Fsp3) is 0.105. The zero-order valence-corrected chi connectivity index (χ0v) is 16.3. The van der Waals surface area contributed by atoms with Crippen LogP contribution in [-0.4, -0.2) is 28.3 Å². The van der Waals surface area contributed by atoms with E-state index in [-0.39, 0.29) is 0 Å². The van der Waals surface area contributed by atoms with Crippen molar-refractivity contribution in [3.63, 3.8) is 0 Å². The molecule has 1 aromatic heterocycles. The van der Waals surface area contributed by atoms with Gasteiger partial charge in [-0.1, -0.05) is 29.3 Å². The molecule has 2 N–H and O–H groups in total. The minimum absolute atomic E-state index is 0.305. The van der Waals surface area contributed by atoms with E-state index >= 15 is 0 Å². The van der Waals surface area contributed by atoms with Crippen molar-refractivity contribution in [1.29, 1.82) is 10.7 Å². The van der Waals surface area contributed by atoms with E-state index in [0.29, 0.717) is 45.3 Å². The number of hydrogen-bond acceptors (Lipinski definition) is 6. The van der Waals surface area contributed by atoms with Crippen molar-refractivity contribution in [2.24, 2.45) is 0 Å². The number of rotatable bonds is 6. The number of halogens is 2. The van der Waals surface area contributed by atoms with Gasteiger partial charge in [0.15, 0.2) is 0 Å². The first-order valence-corrected chi connectivity index (χ1v) is 8.94. The van der Waals surface area contributed by atoms with Crippen molar-refractivity contribution in [2.45, 2.75) is 6.42 Å². The molecule has 1 heterocycles. The first-order valence-electron chi connectivity index (χ1n) is 8.18. The molecular weight excluding hydrogens is 397 g/mol. The van der Waals surface area contributed by atoms with E-state index in [0.717, 1.165) is 12.0 Å². The van der Waals surface area contributed by atoms with Crippen molar-refractivity contribution in [2.75, 3.05) is 17.3 Å². The molecule has 0 aliphatic rings. The predicted octanol–water partition coefficient (Wildman–Crippen LogP) is 4.43. The van der Waals surface area contributed by atoms with Crippen LogP contribution in [-0.2, 0) is 6.42 Å². The highest BCUT2D eigenvalue weighted by Crippen LogP contribution is 2.27. The highest BCUT2D eigenvalue weighted by Gasteiger charge is 2.13. The molecule has 9 heteroatoms. The van der Waals surface area contributed by atoms with Crippen molar-refractivity contribution in [3.8, 4) is 6.07 Å². The van der Waals surface area contributed by atoms with Gasteiger partial charge >= 0.3 is 0 Å². The van der Waals surface area contributed by atoms with E-state index < -0.39 is 0 Å². The lowest BCUT2D eigenvalue weighted by Crippen LogP contribution is -2.19. The maximum Gasteiger partial charge on any atom is 0.235 e. The summed E-state index contributed by atoms with van der Waals surface area (Å²) >= 11 is 12.5. The Morgan fingerprint density at radius 3 is 2.39 bits per heavy atom. The molecule has 0 saturated carbocycles. The molecule has 0 atom stereocenters. The van der Waals surface area contributed by atoms with Crippen molar-refractivity contribution < 1.29 is 0 Å². The zero-order chi connectivity index (χ0) is 20.1. The largest absolute Gasteiger partial charge is 0.324 e. The Labute approximate surface area is 172 Å². The van der Waals surface area contributed by atoms with Gasteiger partial charge in [0.2, 0.25) is 11.9 Å². The van der Waals surface area contributed by atoms with Crippen LogP contribution in [0.5, 0.6) is 0 Å². The second-order valence-electron chi connectivity index (χ2n) is 5.81. The second kappa shape index (κ2) is 8.65. The maximum atomic E-state index is 8.91. The third-order valence-corrected chi connectivity index (χ3v) is 4.55. The van der Waals surface area contributed by atoms with Crippen LogP contribution in [0.3, 0.4) is 0 Å². The average Bonchev–Trinajstić information content (AvgIpc) is 2.70. The molecule has 2 aromatic carbocycles. The van der Waals surface area contributed by atoms with Crippen molar-refractivity contribution >= 4 is 47.1 Å². The lowest BCUT2D eigenvalue weighted by atomic mass is 10.1. The summed E-state index contributed by atoms with van der Waals surface area (Å²) in [5, 5.41) is 20.5. The smallest absolute Gasteiger partial charge is 0.235 e. The van der Waals surface area contributed by atoms with E-state index in [1.165, 1.54) is 4.90 Å². The van der Waals surface area contributed by atoms with Gasteiger partial charge < -0.3 is 10.2 Å². The van der Waals surface area contributed by atoms with E-state index in [4.69, 9.17) is 33.9 Å². The average molecular weight is 412 g/mol. The highest BCUT2D eigenvalue weighted by molar-refractivity contribution is 6.36. The quantitative estimate of drug-likeness (QED) is 0.459. The Bertz CT molecular complexity index is 1020. The van der Waals surface area contributed by atoms with Crippen LogP contribution < -0.4 is 10.2 Å². The van der Waals surface area contributed by atoms with E-state index in [9.17, 15) is 0 Å². The molecule has 3 rings (SSSR count). The molecular formula is C19H15Cl2N7. The molecule has 28 heavy (non-hydrogen) atoms. The Morgan fingerprint density at radius 1 is 1.11 bits per heavy atom. The first-order chi connectivity index (χ1) is 13.5. The lowest BCUT2D eigenvalue weighted by molar-refractivity contribution is 0.911. The Morgan fingerprint density at radius 2 is 1.79 bits per heavy atom. The molecule has 3 aromatic rings. The first kappa shape index (κ1) is 19.5. The van der Waals surface area contributed by atoms with Gasteiger partial charge in [0.1, 0.15) is 5.82 Å². The molecule has 0 spiro atoms. The van der Waals surface area contributed by atoms with Crippen LogP contribution in [0.15, 0.2) is 42.5 Å². The number of anilines is 3. The second-order valence-corrected chi connectivity index (χ2v) is 6.62. The normalized spacial score (nSPS) is 10.2. The van der Waals surface area contributed by atoms with Gasteiger partial charge in [0.05, 0.1) is 18.0 Å². The van der Waals surface area contributed by atoms with Gasteiger partial charge in [0.25, 0.3) is 0 Å². The van der Waals surface area contributed by atoms with Crippen LogP contribution in [0.4, 0.5) is 17.6 Å². The van der Waals surface area contributed by atoms with E-state index in [2.05, 4.69) is 26.3 Å². The summed E-state index contributed by atoms with van der Waals surface area (Å²) in [6, 6.07) is 14.3. The van der Waals surface area contributed by atoms with Crippen molar-refractivity contribution in [1.82, 2.24) is 15.0 Å². The Hall–Kier alpha value is -3.21. The highest BCUT2D eigenvalue weighted by atomic mass is 35.5. The third kappa shape index (κ3) is 4.55. The third-order valence-electron chi connectivity index (χ3n) is 3.85. The molecule has 0 radical (unpaired) electrons. The molecule has 7 nitrogen and oxygen atoms in total. The standard InChI is InChI=1S/C19H15Cl2N7/c1-28(11-23)19-26-17(9-14-15(20)3-2-4-16(14)21)25-18(27-19)24-13-7-5-12(10-22)6-8-13/h2-8,11,23H,9H2,1H3,(H,24,25,26,27). The van der Waals surface area contributed by atoms with Crippen LogP contribution in [0.1, 0.15) is 17.0 Å². The summed E-state index contributed by atoms with van der Waals surface area (Å²) in [5.74, 6) is 1.06. The van der Waals surface area contributed by atoms with E-state index in [1.807, 2.05) is 0 Å². The van der Waals surface area contributed by atoms with Crippen LogP contribution >= 0.6 is 23.2 Å². The fourth-order valence-electron chi connectivity index (χ4n) is 2.37. The number of hydrogen-bond donors (Lipinski definition) is 2. The number of aromatic nitrogens is 3. The number of benzene rings is 2. The summed E-state index contributed by atoms with van der Waals surface area (Å²) in [7, 11) is 1.67. The Kier molecular flexibility index (Phi) is 6.04. The maximum absolute atomic E-state index is 8.91. The summed E-state index contributed by atoms with van der Waals surface area (Å²) in [6.45, 7) is 0. The van der Waals surface area contributed by atoms with Gasteiger partial charge in [-0.2, -0.15) is 20.2 Å². The summed E-state index contributed by atoms with van der Waals surface area (Å²) in [6.07, 6.45) is 1.41. The van der Waals surface area contributed by atoms with Crippen LogP contribution in [0.2, 0.25) is 10.0 Å². The monoisotopic (exact) mass is 411 g/mol. The molecule has 0 aliphatic carbocycles.